The van der Waals surface area contributed by atoms with Crippen LogP contribution in [-0.4, -0.2) is 46.4 Å². The lowest BCUT2D eigenvalue weighted by Gasteiger charge is -2.30. The molecule has 0 radical (unpaired) electrons. The number of fused-ring (bicyclic) bond motifs is 1. The van der Waals surface area contributed by atoms with Crippen LogP contribution in [0.25, 0.3) is 5.65 Å². The first-order valence-electron chi connectivity index (χ1n) is 8.98. The molecule has 2 N–H and O–H groups in total. The predicted octanol–water partition coefficient (Wildman–Crippen LogP) is 3.09. The average Bonchev–Trinajstić information content (AvgIpc) is 3.09. The molecule has 4 rings (SSSR count). The minimum atomic E-state index is -0.202. The fraction of sp³-hybridized carbons (Fsp3) is 0.300. The number of carbonyl (C=O) groups excluding carboxylic acids is 1. The van der Waals surface area contributed by atoms with Crippen LogP contribution in [-0.2, 0) is 0 Å². The van der Waals surface area contributed by atoms with E-state index in [2.05, 4.69) is 27.6 Å². The molecule has 0 spiro atoms. The van der Waals surface area contributed by atoms with Gasteiger partial charge >= 0.3 is 0 Å². The molecule has 1 fully saturated rings. The highest BCUT2D eigenvalue weighted by atomic mass is 16.1. The number of aromatic nitrogens is 2. The number of anilines is 2. The summed E-state index contributed by atoms with van der Waals surface area (Å²) >= 11 is 0. The first kappa shape index (κ1) is 16.6. The highest BCUT2D eigenvalue weighted by Gasteiger charge is 2.18. The molecule has 134 valence electrons. The van der Waals surface area contributed by atoms with Gasteiger partial charge in [0.25, 0.3) is 5.91 Å². The van der Waals surface area contributed by atoms with E-state index in [0.29, 0.717) is 11.7 Å². The van der Waals surface area contributed by atoms with Crippen LogP contribution in [0.5, 0.6) is 0 Å². The van der Waals surface area contributed by atoms with Crippen LogP contribution in [0.3, 0.4) is 0 Å². The van der Waals surface area contributed by atoms with Crippen LogP contribution in [0, 0.1) is 0 Å². The highest BCUT2D eigenvalue weighted by Crippen LogP contribution is 2.25. The number of likely N-dealkylation sites (tertiary alicyclic amines) is 1. The summed E-state index contributed by atoms with van der Waals surface area (Å²) in [6.07, 6.45) is 5.84. The number of piperidine rings is 1. The van der Waals surface area contributed by atoms with Gasteiger partial charge in [-0.25, -0.2) is 4.98 Å². The number of amides is 1. The molecule has 3 aromatic rings. The third-order valence-electron chi connectivity index (χ3n) is 4.85. The molecule has 0 saturated carbocycles. The van der Waals surface area contributed by atoms with E-state index < -0.39 is 0 Å². The Kier molecular flexibility index (Phi) is 4.58. The Labute approximate surface area is 152 Å². The van der Waals surface area contributed by atoms with E-state index in [0.717, 1.165) is 43.0 Å². The number of imidazole rings is 1. The van der Waals surface area contributed by atoms with Crippen LogP contribution in [0.15, 0.2) is 54.9 Å². The van der Waals surface area contributed by atoms with Gasteiger partial charge in [-0.3, -0.25) is 4.79 Å². The van der Waals surface area contributed by atoms with Crippen LogP contribution >= 0.6 is 0 Å². The molecule has 1 aliphatic rings. The zero-order valence-electron chi connectivity index (χ0n) is 14.9. The molecule has 0 atom stereocenters. The van der Waals surface area contributed by atoms with E-state index in [-0.39, 0.29) is 5.91 Å². The summed E-state index contributed by atoms with van der Waals surface area (Å²) in [5.74, 6) is -0.202. The van der Waals surface area contributed by atoms with Crippen molar-refractivity contribution in [2.45, 2.75) is 18.9 Å². The van der Waals surface area contributed by atoms with E-state index in [1.807, 2.05) is 53.1 Å². The van der Waals surface area contributed by atoms with Gasteiger partial charge in [0, 0.05) is 18.4 Å². The third kappa shape index (κ3) is 3.55. The van der Waals surface area contributed by atoms with Gasteiger partial charge in [-0.15, -0.1) is 0 Å². The van der Waals surface area contributed by atoms with Crippen molar-refractivity contribution in [3.8, 4) is 0 Å². The van der Waals surface area contributed by atoms with Gasteiger partial charge in [0.1, 0.15) is 11.3 Å². The molecule has 1 amide bonds. The zero-order chi connectivity index (χ0) is 17.9. The van der Waals surface area contributed by atoms with Crippen LogP contribution in [0.2, 0.25) is 0 Å². The normalized spacial score (nSPS) is 15.9. The monoisotopic (exact) mass is 349 g/mol. The van der Waals surface area contributed by atoms with Crippen LogP contribution in [0.1, 0.15) is 23.3 Å². The maximum absolute atomic E-state index is 12.6. The average molecular weight is 349 g/mol. The minimum absolute atomic E-state index is 0.202. The predicted molar refractivity (Wildman–Crippen MR) is 104 cm³/mol. The number of rotatable bonds is 4. The Bertz CT molecular complexity index is 878. The lowest BCUT2D eigenvalue weighted by atomic mass is 10.0. The van der Waals surface area contributed by atoms with Crippen molar-refractivity contribution in [2.75, 3.05) is 30.8 Å². The largest absolute Gasteiger partial charge is 0.381 e. The maximum atomic E-state index is 12.6. The summed E-state index contributed by atoms with van der Waals surface area (Å²) in [6.45, 7) is 2.18. The number of hydrogen-bond donors (Lipinski definition) is 2. The topological polar surface area (TPSA) is 61.7 Å². The van der Waals surface area contributed by atoms with E-state index in [1.165, 1.54) is 0 Å². The standard InChI is InChI=1S/C20H23N5O/c1-24-12-9-15(10-13-24)21-16-6-2-3-7-17(16)23-20(26)18-14-25-11-5-4-8-19(25)22-18/h2-8,11,14-15,21H,9-10,12-13H2,1H3,(H,23,26). The second kappa shape index (κ2) is 7.17. The second-order valence-electron chi connectivity index (χ2n) is 6.81. The molecular formula is C20H23N5O. The maximum Gasteiger partial charge on any atom is 0.275 e. The molecule has 0 aliphatic carbocycles. The lowest BCUT2D eigenvalue weighted by Crippen LogP contribution is -2.36. The SMILES string of the molecule is CN1CCC(Nc2ccccc2NC(=O)c2cn3ccccc3n2)CC1. The summed E-state index contributed by atoms with van der Waals surface area (Å²) in [7, 11) is 2.15. The third-order valence-corrected chi connectivity index (χ3v) is 4.85. The lowest BCUT2D eigenvalue weighted by molar-refractivity contribution is 0.102. The van der Waals surface area contributed by atoms with E-state index in [1.54, 1.807) is 6.20 Å². The number of para-hydroxylation sites is 2. The number of benzene rings is 1. The van der Waals surface area contributed by atoms with Gasteiger partial charge in [-0.05, 0) is 57.2 Å². The molecule has 6 nitrogen and oxygen atoms in total. The molecule has 1 aliphatic heterocycles. The molecular weight excluding hydrogens is 326 g/mol. The Hall–Kier alpha value is -2.86. The van der Waals surface area contributed by atoms with Gasteiger partial charge in [-0.2, -0.15) is 0 Å². The summed E-state index contributed by atoms with van der Waals surface area (Å²) in [4.78, 5) is 19.4. The first-order valence-corrected chi connectivity index (χ1v) is 8.98. The molecule has 0 unspecified atom stereocenters. The number of nitrogens with zero attached hydrogens (tertiary/aromatic N) is 3. The molecule has 0 bridgehead atoms. The van der Waals surface area contributed by atoms with Crippen molar-refractivity contribution in [1.29, 1.82) is 0 Å². The van der Waals surface area contributed by atoms with E-state index in [4.69, 9.17) is 0 Å². The number of carbonyl (C=O) groups is 1. The van der Waals surface area contributed by atoms with Gasteiger partial charge < -0.3 is 19.9 Å². The molecule has 1 saturated heterocycles. The van der Waals surface area contributed by atoms with Gasteiger partial charge in [0.2, 0.25) is 0 Å². The zero-order valence-corrected chi connectivity index (χ0v) is 14.9. The van der Waals surface area contributed by atoms with Gasteiger partial charge in [0.05, 0.1) is 11.4 Å². The van der Waals surface area contributed by atoms with Crippen LogP contribution in [0.4, 0.5) is 11.4 Å². The van der Waals surface area contributed by atoms with Crippen molar-refractivity contribution in [1.82, 2.24) is 14.3 Å². The molecule has 3 heterocycles. The Balaban J connectivity index is 1.50. The number of pyridine rings is 1. The van der Waals surface area contributed by atoms with Gasteiger partial charge in [-0.1, -0.05) is 18.2 Å². The molecule has 26 heavy (non-hydrogen) atoms. The number of hydrogen-bond acceptors (Lipinski definition) is 4. The molecule has 6 heteroatoms. The van der Waals surface area contributed by atoms with E-state index in [9.17, 15) is 4.79 Å². The summed E-state index contributed by atoms with van der Waals surface area (Å²) in [5.41, 5.74) is 2.91. The van der Waals surface area contributed by atoms with Crippen molar-refractivity contribution < 1.29 is 4.79 Å². The number of nitrogens with one attached hydrogen (secondary N) is 2. The van der Waals surface area contributed by atoms with Crippen molar-refractivity contribution >= 4 is 22.9 Å². The van der Waals surface area contributed by atoms with Crippen molar-refractivity contribution in [2.24, 2.45) is 0 Å². The Morgan fingerprint density at radius 1 is 1.08 bits per heavy atom. The second-order valence-corrected chi connectivity index (χ2v) is 6.81. The fourth-order valence-electron chi connectivity index (χ4n) is 3.32. The van der Waals surface area contributed by atoms with E-state index >= 15 is 0 Å². The van der Waals surface area contributed by atoms with Crippen molar-refractivity contribution in [3.63, 3.8) is 0 Å². The summed E-state index contributed by atoms with van der Waals surface area (Å²) < 4.78 is 1.84. The summed E-state index contributed by atoms with van der Waals surface area (Å²) in [6, 6.07) is 14.0. The first-order chi connectivity index (χ1) is 12.7. The molecule has 1 aromatic carbocycles. The van der Waals surface area contributed by atoms with Gasteiger partial charge in [0.15, 0.2) is 0 Å². The summed E-state index contributed by atoms with van der Waals surface area (Å²) in [5, 5.41) is 6.58. The Morgan fingerprint density at radius 3 is 2.58 bits per heavy atom. The Morgan fingerprint density at radius 2 is 1.81 bits per heavy atom. The quantitative estimate of drug-likeness (QED) is 0.760. The molecule has 2 aromatic heterocycles. The minimum Gasteiger partial charge on any atom is -0.381 e. The fourth-order valence-corrected chi connectivity index (χ4v) is 3.32. The van der Waals surface area contributed by atoms with Crippen LogP contribution < -0.4 is 10.6 Å². The van der Waals surface area contributed by atoms with Crippen molar-refractivity contribution in [3.05, 3.63) is 60.6 Å². The highest BCUT2D eigenvalue weighted by molar-refractivity contribution is 6.04. The smallest absolute Gasteiger partial charge is 0.275 e.